The van der Waals surface area contributed by atoms with Crippen LogP contribution in [0, 0.1) is 13.8 Å². The number of hydrogen-bond donors (Lipinski definition) is 1. The predicted molar refractivity (Wildman–Crippen MR) is 87.6 cm³/mol. The van der Waals surface area contributed by atoms with E-state index in [1.54, 1.807) is 6.07 Å². The van der Waals surface area contributed by atoms with E-state index in [2.05, 4.69) is 35.9 Å². The van der Waals surface area contributed by atoms with E-state index in [-0.39, 0.29) is 0 Å². The molecule has 0 aliphatic carbocycles. The van der Waals surface area contributed by atoms with Gasteiger partial charge in [-0.1, -0.05) is 6.07 Å². The van der Waals surface area contributed by atoms with Crippen molar-refractivity contribution < 1.29 is 4.74 Å². The van der Waals surface area contributed by atoms with Gasteiger partial charge in [0, 0.05) is 12.1 Å². The number of likely N-dealkylation sites (N-methyl/N-ethyl adjacent to an activating group) is 1. The second-order valence-corrected chi connectivity index (χ2v) is 5.53. The molecule has 0 aliphatic rings. The molecule has 0 spiro atoms. The minimum atomic E-state index is 0.539. The number of benzene rings is 1. The Hall–Kier alpha value is -2.07. The molecule has 1 aromatic heterocycles. The summed E-state index contributed by atoms with van der Waals surface area (Å²) in [6.45, 7) is 5.73. The summed E-state index contributed by atoms with van der Waals surface area (Å²) in [6, 6.07) is 9.83. The normalized spacial score (nSPS) is 10.9. The van der Waals surface area contributed by atoms with Crippen molar-refractivity contribution in [3.8, 4) is 17.0 Å². The van der Waals surface area contributed by atoms with Gasteiger partial charge in [0.15, 0.2) is 0 Å². The number of nitrogens with two attached hydrogens (primary N) is 1. The average molecular weight is 285 g/mol. The molecule has 1 aromatic carbocycles. The van der Waals surface area contributed by atoms with E-state index < -0.39 is 0 Å². The van der Waals surface area contributed by atoms with Crippen LogP contribution in [0.25, 0.3) is 11.3 Å². The van der Waals surface area contributed by atoms with Crippen LogP contribution < -0.4 is 10.5 Å². The number of rotatable bonds is 5. The number of nitrogen functional groups attached to an aromatic ring is 1. The van der Waals surface area contributed by atoms with E-state index in [0.29, 0.717) is 12.4 Å². The van der Waals surface area contributed by atoms with Gasteiger partial charge in [-0.3, -0.25) is 0 Å². The van der Waals surface area contributed by atoms with E-state index in [1.165, 1.54) is 0 Å². The molecule has 4 heteroatoms. The Kier molecular flexibility index (Phi) is 4.81. The zero-order valence-electron chi connectivity index (χ0n) is 13.2. The molecule has 112 valence electrons. The Labute approximate surface area is 126 Å². The maximum absolute atomic E-state index is 5.81. The summed E-state index contributed by atoms with van der Waals surface area (Å²) in [6.07, 6.45) is 0. The Morgan fingerprint density at radius 1 is 1.14 bits per heavy atom. The van der Waals surface area contributed by atoms with Gasteiger partial charge in [0.05, 0.1) is 5.69 Å². The second kappa shape index (κ2) is 6.59. The summed E-state index contributed by atoms with van der Waals surface area (Å²) in [4.78, 5) is 6.51. The molecule has 0 saturated carbocycles. The van der Waals surface area contributed by atoms with Crippen LogP contribution in [0.4, 0.5) is 5.82 Å². The van der Waals surface area contributed by atoms with E-state index in [4.69, 9.17) is 10.5 Å². The first kappa shape index (κ1) is 15.3. The van der Waals surface area contributed by atoms with Crippen LogP contribution in [0.2, 0.25) is 0 Å². The Morgan fingerprint density at radius 2 is 1.81 bits per heavy atom. The highest BCUT2D eigenvalue weighted by Crippen LogP contribution is 2.30. The van der Waals surface area contributed by atoms with E-state index in [9.17, 15) is 0 Å². The molecule has 2 rings (SSSR count). The van der Waals surface area contributed by atoms with Gasteiger partial charge in [-0.25, -0.2) is 4.98 Å². The summed E-state index contributed by atoms with van der Waals surface area (Å²) < 4.78 is 5.81. The highest BCUT2D eigenvalue weighted by molar-refractivity contribution is 5.69. The van der Waals surface area contributed by atoms with Crippen molar-refractivity contribution in [2.75, 3.05) is 33.0 Å². The van der Waals surface area contributed by atoms with E-state index in [1.807, 2.05) is 26.2 Å². The monoisotopic (exact) mass is 285 g/mol. The lowest BCUT2D eigenvalue weighted by atomic mass is 9.99. The molecule has 21 heavy (non-hydrogen) atoms. The first-order chi connectivity index (χ1) is 9.97. The molecular weight excluding hydrogens is 262 g/mol. The maximum atomic E-state index is 5.81. The summed E-state index contributed by atoms with van der Waals surface area (Å²) in [5.41, 5.74) is 10.1. The predicted octanol–water partition coefficient (Wildman–Crippen LogP) is 2.89. The number of aryl methyl sites for hydroxylation is 2. The fraction of sp³-hybridized carbons (Fsp3) is 0.353. The van der Waals surface area contributed by atoms with Gasteiger partial charge >= 0.3 is 0 Å². The van der Waals surface area contributed by atoms with Gasteiger partial charge in [0.1, 0.15) is 18.2 Å². The Balaban J connectivity index is 2.25. The third-order valence-electron chi connectivity index (χ3n) is 3.34. The lowest BCUT2D eigenvalue weighted by molar-refractivity contribution is 0.261. The quantitative estimate of drug-likeness (QED) is 0.917. The zero-order chi connectivity index (χ0) is 15.4. The first-order valence-corrected chi connectivity index (χ1v) is 7.09. The standard InChI is InChI=1S/C17H23N3O/c1-12-10-14(21-9-8-20(3)4)11-13(2)17(12)15-6-5-7-16(18)19-15/h5-7,10-11H,8-9H2,1-4H3,(H2,18,19). The average Bonchev–Trinajstić information content (AvgIpc) is 2.37. The topological polar surface area (TPSA) is 51.4 Å². The van der Waals surface area contributed by atoms with Crippen LogP contribution in [0.1, 0.15) is 11.1 Å². The van der Waals surface area contributed by atoms with Crippen LogP contribution in [0.5, 0.6) is 5.75 Å². The number of ether oxygens (including phenoxy) is 1. The largest absolute Gasteiger partial charge is 0.492 e. The summed E-state index contributed by atoms with van der Waals surface area (Å²) in [7, 11) is 4.07. The van der Waals surface area contributed by atoms with Crippen molar-refractivity contribution in [3.63, 3.8) is 0 Å². The summed E-state index contributed by atoms with van der Waals surface area (Å²) in [5, 5.41) is 0. The molecule has 0 saturated heterocycles. The van der Waals surface area contributed by atoms with E-state index >= 15 is 0 Å². The van der Waals surface area contributed by atoms with Crippen molar-refractivity contribution in [1.29, 1.82) is 0 Å². The molecule has 0 fully saturated rings. The minimum absolute atomic E-state index is 0.539. The Morgan fingerprint density at radius 3 is 2.38 bits per heavy atom. The van der Waals surface area contributed by atoms with Crippen molar-refractivity contribution in [1.82, 2.24) is 9.88 Å². The molecule has 0 amide bonds. The zero-order valence-corrected chi connectivity index (χ0v) is 13.2. The number of hydrogen-bond acceptors (Lipinski definition) is 4. The van der Waals surface area contributed by atoms with Gasteiger partial charge in [-0.2, -0.15) is 0 Å². The number of nitrogens with zero attached hydrogens (tertiary/aromatic N) is 2. The number of aromatic nitrogens is 1. The van der Waals surface area contributed by atoms with Crippen LogP contribution in [0.15, 0.2) is 30.3 Å². The summed E-state index contributed by atoms with van der Waals surface area (Å²) >= 11 is 0. The third kappa shape index (κ3) is 3.95. The molecule has 2 aromatic rings. The van der Waals surface area contributed by atoms with Gasteiger partial charge in [0.25, 0.3) is 0 Å². The molecule has 0 bridgehead atoms. The summed E-state index contributed by atoms with van der Waals surface area (Å²) in [5.74, 6) is 1.44. The smallest absolute Gasteiger partial charge is 0.124 e. The fourth-order valence-corrected chi connectivity index (χ4v) is 2.35. The molecule has 0 radical (unpaired) electrons. The minimum Gasteiger partial charge on any atom is -0.492 e. The van der Waals surface area contributed by atoms with Crippen molar-refractivity contribution in [3.05, 3.63) is 41.5 Å². The molecule has 1 heterocycles. The third-order valence-corrected chi connectivity index (χ3v) is 3.34. The van der Waals surface area contributed by atoms with Gasteiger partial charge in [-0.15, -0.1) is 0 Å². The highest BCUT2D eigenvalue weighted by atomic mass is 16.5. The number of pyridine rings is 1. The molecule has 0 unspecified atom stereocenters. The van der Waals surface area contributed by atoms with Crippen LogP contribution in [-0.2, 0) is 0 Å². The van der Waals surface area contributed by atoms with Gasteiger partial charge < -0.3 is 15.4 Å². The molecule has 4 nitrogen and oxygen atoms in total. The van der Waals surface area contributed by atoms with Crippen LogP contribution in [-0.4, -0.2) is 37.1 Å². The lowest BCUT2D eigenvalue weighted by Gasteiger charge is -2.15. The molecule has 0 aliphatic heterocycles. The van der Waals surface area contributed by atoms with Crippen molar-refractivity contribution >= 4 is 5.82 Å². The second-order valence-electron chi connectivity index (χ2n) is 5.53. The van der Waals surface area contributed by atoms with E-state index in [0.717, 1.165) is 34.7 Å². The number of anilines is 1. The molecular formula is C17H23N3O. The van der Waals surface area contributed by atoms with Crippen LogP contribution in [0.3, 0.4) is 0 Å². The highest BCUT2D eigenvalue weighted by Gasteiger charge is 2.10. The fourth-order valence-electron chi connectivity index (χ4n) is 2.35. The van der Waals surface area contributed by atoms with Crippen molar-refractivity contribution in [2.24, 2.45) is 0 Å². The molecule has 2 N–H and O–H groups in total. The van der Waals surface area contributed by atoms with Crippen LogP contribution >= 0.6 is 0 Å². The molecule has 0 atom stereocenters. The van der Waals surface area contributed by atoms with Gasteiger partial charge in [-0.05, 0) is 63.3 Å². The first-order valence-electron chi connectivity index (χ1n) is 7.09. The maximum Gasteiger partial charge on any atom is 0.124 e. The Bertz CT molecular complexity index is 600. The lowest BCUT2D eigenvalue weighted by Crippen LogP contribution is -2.19. The SMILES string of the molecule is Cc1cc(OCCN(C)C)cc(C)c1-c1cccc(N)n1. The van der Waals surface area contributed by atoms with Crippen molar-refractivity contribution in [2.45, 2.75) is 13.8 Å². The van der Waals surface area contributed by atoms with Gasteiger partial charge in [0.2, 0.25) is 0 Å².